The van der Waals surface area contributed by atoms with Crippen LogP contribution in [0.15, 0.2) is 18.3 Å². The average Bonchev–Trinajstić information content (AvgIpc) is 2.84. The lowest BCUT2D eigenvalue weighted by Gasteiger charge is -2.03. The summed E-state index contributed by atoms with van der Waals surface area (Å²) in [6.07, 6.45) is 4.45. The number of hydrogen-bond acceptors (Lipinski definition) is 2. The molecule has 0 radical (unpaired) electrons. The zero-order valence-corrected chi connectivity index (χ0v) is 7.51. The van der Waals surface area contributed by atoms with Gasteiger partial charge in [0, 0.05) is 18.4 Å². The Morgan fingerprint density at radius 3 is 3.08 bits per heavy atom. The fourth-order valence-corrected chi connectivity index (χ4v) is 1.27. The summed E-state index contributed by atoms with van der Waals surface area (Å²) < 4.78 is 0. The number of pyridine rings is 1. The van der Waals surface area contributed by atoms with E-state index in [0.717, 1.165) is 18.2 Å². The summed E-state index contributed by atoms with van der Waals surface area (Å²) in [4.78, 5) is 3.91. The minimum Gasteiger partial charge on any atom is -0.385 e. The SMILES string of the molecule is Clc1cc(NCC2CC2)ccn1. The molecule has 0 saturated heterocycles. The number of hydrogen-bond donors (Lipinski definition) is 1. The summed E-state index contributed by atoms with van der Waals surface area (Å²) in [5.74, 6) is 0.886. The van der Waals surface area contributed by atoms with Crippen LogP contribution < -0.4 is 5.32 Å². The van der Waals surface area contributed by atoms with Crippen molar-refractivity contribution in [2.75, 3.05) is 11.9 Å². The zero-order chi connectivity index (χ0) is 8.39. The fraction of sp³-hybridized carbons (Fsp3) is 0.444. The minimum atomic E-state index is 0.552. The smallest absolute Gasteiger partial charge is 0.131 e. The molecule has 0 aromatic carbocycles. The van der Waals surface area contributed by atoms with Gasteiger partial charge in [-0.3, -0.25) is 0 Å². The summed E-state index contributed by atoms with van der Waals surface area (Å²) in [5.41, 5.74) is 1.07. The molecular weight excluding hydrogens is 172 g/mol. The first-order valence-electron chi connectivity index (χ1n) is 4.20. The first kappa shape index (κ1) is 7.87. The molecule has 1 aliphatic carbocycles. The minimum absolute atomic E-state index is 0.552. The Hall–Kier alpha value is -0.760. The summed E-state index contributed by atoms with van der Waals surface area (Å²) in [6, 6.07) is 3.79. The lowest BCUT2D eigenvalue weighted by atomic mass is 10.3. The fourth-order valence-electron chi connectivity index (χ4n) is 1.10. The molecule has 1 saturated carbocycles. The van der Waals surface area contributed by atoms with Crippen molar-refractivity contribution in [3.05, 3.63) is 23.5 Å². The van der Waals surface area contributed by atoms with Crippen molar-refractivity contribution in [1.29, 1.82) is 0 Å². The number of anilines is 1. The molecule has 1 aromatic rings. The lowest BCUT2D eigenvalue weighted by Crippen LogP contribution is -2.02. The topological polar surface area (TPSA) is 24.9 Å². The molecule has 2 nitrogen and oxygen atoms in total. The Kier molecular flexibility index (Phi) is 2.17. The second-order valence-corrected chi connectivity index (χ2v) is 3.58. The molecular formula is C9H11ClN2. The van der Waals surface area contributed by atoms with Gasteiger partial charge >= 0.3 is 0 Å². The monoisotopic (exact) mass is 182 g/mol. The standard InChI is InChI=1S/C9H11ClN2/c10-9-5-8(3-4-11-9)12-6-7-1-2-7/h3-5,7H,1-2,6H2,(H,11,12). The molecule has 1 aliphatic rings. The van der Waals surface area contributed by atoms with Gasteiger partial charge in [0.2, 0.25) is 0 Å². The molecule has 1 aromatic heterocycles. The van der Waals surface area contributed by atoms with E-state index in [0.29, 0.717) is 5.15 Å². The Morgan fingerprint density at radius 1 is 1.58 bits per heavy atom. The summed E-state index contributed by atoms with van der Waals surface area (Å²) in [6.45, 7) is 1.07. The van der Waals surface area contributed by atoms with E-state index in [1.54, 1.807) is 6.20 Å². The molecule has 0 aliphatic heterocycles. The average molecular weight is 183 g/mol. The van der Waals surface area contributed by atoms with Gasteiger partial charge in [-0.2, -0.15) is 0 Å². The molecule has 1 heterocycles. The Balaban J connectivity index is 1.92. The zero-order valence-electron chi connectivity index (χ0n) is 6.76. The van der Waals surface area contributed by atoms with Crippen LogP contribution in [-0.4, -0.2) is 11.5 Å². The maximum atomic E-state index is 5.72. The molecule has 64 valence electrons. The van der Waals surface area contributed by atoms with E-state index < -0.39 is 0 Å². The van der Waals surface area contributed by atoms with Crippen LogP contribution in [0.2, 0.25) is 5.15 Å². The van der Waals surface area contributed by atoms with E-state index in [2.05, 4.69) is 10.3 Å². The Morgan fingerprint density at radius 2 is 2.42 bits per heavy atom. The first-order chi connectivity index (χ1) is 5.84. The lowest BCUT2D eigenvalue weighted by molar-refractivity contribution is 0.889. The van der Waals surface area contributed by atoms with Crippen LogP contribution in [0, 0.1) is 5.92 Å². The van der Waals surface area contributed by atoms with Crippen molar-refractivity contribution in [3.8, 4) is 0 Å². The molecule has 1 N–H and O–H groups in total. The predicted octanol–water partition coefficient (Wildman–Crippen LogP) is 2.56. The van der Waals surface area contributed by atoms with Gasteiger partial charge in [0.05, 0.1) is 0 Å². The van der Waals surface area contributed by atoms with Gasteiger partial charge in [-0.1, -0.05) is 11.6 Å². The predicted molar refractivity (Wildman–Crippen MR) is 50.5 cm³/mol. The largest absolute Gasteiger partial charge is 0.385 e. The number of rotatable bonds is 3. The summed E-state index contributed by atoms with van der Waals surface area (Å²) in [7, 11) is 0. The van der Waals surface area contributed by atoms with Crippen LogP contribution in [0.5, 0.6) is 0 Å². The molecule has 0 unspecified atom stereocenters. The molecule has 0 bridgehead atoms. The van der Waals surface area contributed by atoms with Gasteiger partial charge in [-0.15, -0.1) is 0 Å². The highest BCUT2D eigenvalue weighted by Crippen LogP contribution is 2.28. The van der Waals surface area contributed by atoms with Crippen LogP contribution in [0.25, 0.3) is 0 Å². The maximum Gasteiger partial charge on any atom is 0.131 e. The molecule has 0 atom stereocenters. The van der Waals surface area contributed by atoms with Crippen molar-refractivity contribution in [2.24, 2.45) is 5.92 Å². The third-order valence-electron chi connectivity index (χ3n) is 2.02. The van der Waals surface area contributed by atoms with E-state index >= 15 is 0 Å². The summed E-state index contributed by atoms with van der Waals surface area (Å²) in [5, 5.41) is 3.87. The Labute approximate surface area is 77.0 Å². The maximum absolute atomic E-state index is 5.72. The highest BCUT2D eigenvalue weighted by atomic mass is 35.5. The quantitative estimate of drug-likeness (QED) is 0.727. The van der Waals surface area contributed by atoms with Crippen molar-refractivity contribution in [1.82, 2.24) is 4.98 Å². The van der Waals surface area contributed by atoms with Gasteiger partial charge in [0.1, 0.15) is 5.15 Å². The van der Waals surface area contributed by atoms with Crippen molar-refractivity contribution in [3.63, 3.8) is 0 Å². The molecule has 2 rings (SSSR count). The van der Waals surface area contributed by atoms with Gasteiger partial charge in [0.25, 0.3) is 0 Å². The van der Waals surface area contributed by atoms with Gasteiger partial charge in [-0.05, 0) is 30.9 Å². The normalized spacial score (nSPS) is 16.1. The number of aromatic nitrogens is 1. The number of nitrogens with zero attached hydrogens (tertiary/aromatic N) is 1. The van der Waals surface area contributed by atoms with Crippen LogP contribution in [0.4, 0.5) is 5.69 Å². The highest BCUT2D eigenvalue weighted by molar-refractivity contribution is 6.29. The third-order valence-corrected chi connectivity index (χ3v) is 2.23. The van der Waals surface area contributed by atoms with Crippen molar-refractivity contribution < 1.29 is 0 Å². The van der Waals surface area contributed by atoms with E-state index in [1.807, 2.05) is 12.1 Å². The number of nitrogens with one attached hydrogen (secondary N) is 1. The Bertz CT molecular complexity index is 271. The van der Waals surface area contributed by atoms with Gasteiger partial charge in [-0.25, -0.2) is 4.98 Å². The molecule has 1 fully saturated rings. The van der Waals surface area contributed by atoms with Crippen LogP contribution in [0.1, 0.15) is 12.8 Å². The van der Waals surface area contributed by atoms with Crippen LogP contribution in [-0.2, 0) is 0 Å². The molecule has 3 heteroatoms. The van der Waals surface area contributed by atoms with Crippen LogP contribution >= 0.6 is 11.6 Å². The van der Waals surface area contributed by atoms with E-state index in [1.165, 1.54) is 12.8 Å². The van der Waals surface area contributed by atoms with Crippen molar-refractivity contribution >= 4 is 17.3 Å². The van der Waals surface area contributed by atoms with E-state index in [-0.39, 0.29) is 0 Å². The van der Waals surface area contributed by atoms with Gasteiger partial charge in [0.15, 0.2) is 0 Å². The molecule has 0 spiro atoms. The van der Waals surface area contributed by atoms with Crippen LogP contribution in [0.3, 0.4) is 0 Å². The van der Waals surface area contributed by atoms with Crippen molar-refractivity contribution in [2.45, 2.75) is 12.8 Å². The molecule has 12 heavy (non-hydrogen) atoms. The molecule has 0 amide bonds. The van der Waals surface area contributed by atoms with Gasteiger partial charge < -0.3 is 5.32 Å². The first-order valence-corrected chi connectivity index (χ1v) is 4.58. The van der Waals surface area contributed by atoms with E-state index in [9.17, 15) is 0 Å². The summed E-state index contributed by atoms with van der Waals surface area (Å²) >= 11 is 5.72. The highest BCUT2D eigenvalue weighted by Gasteiger charge is 2.20. The second kappa shape index (κ2) is 3.31. The van der Waals surface area contributed by atoms with E-state index in [4.69, 9.17) is 11.6 Å². The third kappa shape index (κ3) is 2.11. The second-order valence-electron chi connectivity index (χ2n) is 3.19. The number of halogens is 1.